The van der Waals surface area contributed by atoms with Gasteiger partial charge in [0.25, 0.3) is 5.91 Å². The Kier molecular flexibility index (Phi) is 4.95. The maximum absolute atomic E-state index is 12.2. The molecule has 0 aliphatic carbocycles. The Labute approximate surface area is 142 Å². The van der Waals surface area contributed by atoms with Crippen LogP contribution in [-0.2, 0) is 0 Å². The van der Waals surface area contributed by atoms with Gasteiger partial charge < -0.3 is 11.1 Å². The highest BCUT2D eigenvalue weighted by Gasteiger charge is 2.13. The van der Waals surface area contributed by atoms with E-state index in [2.05, 4.69) is 37.2 Å². The summed E-state index contributed by atoms with van der Waals surface area (Å²) in [5.74, 6) is -0.162. The Morgan fingerprint density at radius 3 is 2.60 bits per heavy atom. The molecule has 2 aromatic rings. The van der Waals surface area contributed by atoms with Crippen LogP contribution in [0.3, 0.4) is 0 Å². The van der Waals surface area contributed by atoms with Crippen LogP contribution in [-0.4, -0.2) is 10.9 Å². The van der Waals surface area contributed by atoms with Crippen LogP contribution in [0.2, 0.25) is 0 Å². The van der Waals surface area contributed by atoms with E-state index in [9.17, 15) is 4.79 Å². The minimum Gasteiger partial charge on any atom is -0.389 e. The minimum atomic E-state index is -0.162. The highest BCUT2D eigenvalue weighted by Crippen LogP contribution is 2.32. The van der Waals surface area contributed by atoms with Crippen molar-refractivity contribution in [3.63, 3.8) is 0 Å². The lowest BCUT2D eigenvalue weighted by molar-refractivity contribution is 0.103. The molecule has 0 atom stereocenters. The highest BCUT2D eigenvalue weighted by atomic mass is 79.9. The Balaban J connectivity index is 2.27. The first kappa shape index (κ1) is 15.6. The molecule has 20 heavy (non-hydrogen) atoms. The fourth-order valence-electron chi connectivity index (χ4n) is 1.55. The van der Waals surface area contributed by atoms with Gasteiger partial charge >= 0.3 is 0 Å². The normalized spacial score (nSPS) is 10.3. The number of thiocarbonyl (C=S) groups is 1. The van der Waals surface area contributed by atoms with Crippen LogP contribution >= 0.6 is 55.4 Å². The van der Waals surface area contributed by atoms with Crippen LogP contribution in [0.15, 0.2) is 32.5 Å². The first-order valence-electron chi connectivity index (χ1n) is 5.55. The number of nitrogens with two attached hydrogens (primary N) is 1. The molecule has 3 N–H and O–H groups in total. The van der Waals surface area contributed by atoms with Crippen LogP contribution in [0, 0.1) is 6.92 Å². The average molecular weight is 434 g/mol. The highest BCUT2D eigenvalue weighted by molar-refractivity contribution is 9.13. The standard InChI is InChI=1S/C13H10Br2N2OS2/c1-6-2-3-7(12(16)19)4-9(6)17-13(18)10-5-8(14)11(15)20-10/h2-5H,1H3,(H2,16,19)(H,17,18). The number of benzene rings is 1. The average Bonchev–Trinajstić information content (AvgIpc) is 2.72. The van der Waals surface area contributed by atoms with Gasteiger partial charge in [0, 0.05) is 15.7 Å². The monoisotopic (exact) mass is 432 g/mol. The van der Waals surface area contributed by atoms with Crippen molar-refractivity contribution < 1.29 is 4.79 Å². The second kappa shape index (κ2) is 6.34. The zero-order valence-corrected chi connectivity index (χ0v) is 15.2. The number of anilines is 1. The number of hydrogen-bond donors (Lipinski definition) is 2. The third kappa shape index (κ3) is 3.46. The van der Waals surface area contributed by atoms with Crippen molar-refractivity contribution in [1.29, 1.82) is 0 Å². The number of rotatable bonds is 3. The molecule has 1 aromatic carbocycles. The van der Waals surface area contributed by atoms with Crippen molar-refractivity contribution in [3.8, 4) is 0 Å². The van der Waals surface area contributed by atoms with Gasteiger partial charge in [-0.3, -0.25) is 4.79 Å². The first-order valence-corrected chi connectivity index (χ1v) is 8.36. The van der Waals surface area contributed by atoms with Crippen LogP contribution in [0.5, 0.6) is 0 Å². The van der Waals surface area contributed by atoms with E-state index in [4.69, 9.17) is 18.0 Å². The predicted octanol–water partition coefficient (Wildman–Crippen LogP) is 4.47. The van der Waals surface area contributed by atoms with Crippen molar-refractivity contribution in [3.05, 3.63) is 48.5 Å². The van der Waals surface area contributed by atoms with E-state index < -0.39 is 0 Å². The van der Waals surface area contributed by atoms with Gasteiger partial charge in [0.15, 0.2) is 0 Å². The zero-order valence-electron chi connectivity index (χ0n) is 10.4. The zero-order chi connectivity index (χ0) is 14.9. The quantitative estimate of drug-likeness (QED) is 0.702. The van der Waals surface area contributed by atoms with Gasteiger partial charge in [0.1, 0.15) is 4.99 Å². The Hall–Kier alpha value is -0.760. The van der Waals surface area contributed by atoms with Crippen molar-refractivity contribution in [2.75, 3.05) is 5.32 Å². The molecule has 0 bridgehead atoms. The van der Waals surface area contributed by atoms with E-state index in [-0.39, 0.29) is 5.91 Å². The third-order valence-corrected chi connectivity index (χ3v) is 6.13. The van der Waals surface area contributed by atoms with Crippen molar-refractivity contribution in [2.24, 2.45) is 5.73 Å². The van der Waals surface area contributed by atoms with E-state index in [1.165, 1.54) is 11.3 Å². The first-order chi connectivity index (χ1) is 9.38. The topological polar surface area (TPSA) is 55.1 Å². The summed E-state index contributed by atoms with van der Waals surface area (Å²) in [4.78, 5) is 13.1. The summed E-state index contributed by atoms with van der Waals surface area (Å²) in [7, 11) is 0. The predicted molar refractivity (Wildman–Crippen MR) is 94.7 cm³/mol. The molecule has 0 unspecified atom stereocenters. The third-order valence-electron chi connectivity index (χ3n) is 2.64. The largest absolute Gasteiger partial charge is 0.389 e. The van der Waals surface area contributed by atoms with E-state index in [1.807, 2.05) is 19.1 Å². The van der Waals surface area contributed by atoms with Crippen LogP contribution in [0.4, 0.5) is 5.69 Å². The van der Waals surface area contributed by atoms with Gasteiger partial charge in [-0.15, -0.1) is 11.3 Å². The molecule has 1 amide bonds. The SMILES string of the molecule is Cc1ccc(C(N)=S)cc1NC(=O)c1cc(Br)c(Br)s1. The minimum absolute atomic E-state index is 0.162. The Morgan fingerprint density at radius 2 is 2.05 bits per heavy atom. The summed E-state index contributed by atoms with van der Waals surface area (Å²) < 4.78 is 1.75. The number of carbonyl (C=O) groups is 1. The molecule has 2 rings (SSSR count). The fraction of sp³-hybridized carbons (Fsp3) is 0.0769. The van der Waals surface area contributed by atoms with Crippen molar-refractivity contribution in [2.45, 2.75) is 6.92 Å². The second-order valence-electron chi connectivity index (χ2n) is 4.08. The van der Waals surface area contributed by atoms with Gasteiger partial charge in [-0.05, 0) is 56.5 Å². The number of hydrogen-bond acceptors (Lipinski definition) is 3. The molecule has 0 fully saturated rings. The van der Waals surface area contributed by atoms with Gasteiger partial charge in [-0.25, -0.2) is 0 Å². The van der Waals surface area contributed by atoms with Gasteiger partial charge in [-0.1, -0.05) is 24.4 Å². The van der Waals surface area contributed by atoms with Gasteiger partial charge in [-0.2, -0.15) is 0 Å². The van der Waals surface area contributed by atoms with Crippen molar-refractivity contribution in [1.82, 2.24) is 0 Å². The second-order valence-corrected chi connectivity index (χ2v) is 7.74. The Bertz CT molecular complexity index is 678. The lowest BCUT2D eigenvalue weighted by Gasteiger charge is -2.09. The van der Waals surface area contributed by atoms with E-state index in [1.54, 1.807) is 12.1 Å². The Morgan fingerprint density at radius 1 is 1.35 bits per heavy atom. The molecule has 7 heteroatoms. The van der Waals surface area contributed by atoms with E-state index >= 15 is 0 Å². The molecule has 0 aliphatic heterocycles. The summed E-state index contributed by atoms with van der Waals surface area (Å²) in [6, 6.07) is 7.28. The molecule has 0 spiro atoms. The maximum Gasteiger partial charge on any atom is 0.265 e. The molecule has 1 aromatic heterocycles. The fourth-order valence-corrected chi connectivity index (χ4v) is 3.61. The molecule has 0 radical (unpaired) electrons. The molecule has 0 saturated carbocycles. The van der Waals surface area contributed by atoms with Crippen LogP contribution < -0.4 is 11.1 Å². The molecule has 1 heterocycles. The number of thiophene rings is 1. The maximum atomic E-state index is 12.2. The molecule has 0 aliphatic rings. The number of carbonyl (C=O) groups excluding carboxylic acids is 1. The summed E-state index contributed by atoms with van der Waals surface area (Å²) in [6.07, 6.45) is 0. The number of amides is 1. The van der Waals surface area contributed by atoms with Gasteiger partial charge in [0.2, 0.25) is 0 Å². The van der Waals surface area contributed by atoms with E-state index in [0.29, 0.717) is 15.6 Å². The van der Waals surface area contributed by atoms with Gasteiger partial charge in [0.05, 0.1) is 8.66 Å². The summed E-state index contributed by atoms with van der Waals surface area (Å²) in [5.41, 5.74) is 8.00. The van der Waals surface area contributed by atoms with Crippen LogP contribution in [0.1, 0.15) is 20.8 Å². The van der Waals surface area contributed by atoms with E-state index in [0.717, 1.165) is 19.4 Å². The lowest BCUT2D eigenvalue weighted by Crippen LogP contribution is -2.14. The molecule has 0 saturated heterocycles. The smallest absolute Gasteiger partial charge is 0.265 e. The number of nitrogens with one attached hydrogen (secondary N) is 1. The number of halogens is 2. The molecule has 3 nitrogen and oxygen atoms in total. The summed E-state index contributed by atoms with van der Waals surface area (Å²) in [5, 5.41) is 2.88. The molecular weight excluding hydrogens is 424 g/mol. The molecule has 104 valence electrons. The molecular formula is C13H10Br2N2OS2. The number of aryl methyl sites for hydroxylation is 1. The summed E-state index contributed by atoms with van der Waals surface area (Å²) >= 11 is 13.1. The van der Waals surface area contributed by atoms with Crippen molar-refractivity contribution >= 4 is 72.0 Å². The van der Waals surface area contributed by atoms with Crippen LogP contribution in [0.25, 0.3) is 0 Å². The summed E-state index contributed by atoms with van der Waals surface area (Å²) in [6.45, 7) is 1.92. The lowest BCUT2D eigenvalue weighted by atomic mass is 10.1.